The number of aromatic nitrogens is 5. The lowest BCUT2D eigenvalue weighted by Crippen LogP contribution is -2.30. The standard InChI is InChI=1S/C25H26N6O3/c1-16(21-11-12-34-29-21)30(2)24(32)20-14-27-31(22(20)15-33-3)25-26-13-18-9-6-8-17-7-4-5-10-19(17)23(18)28-25/h4-5,7,10-14,16H,6,8-9,15H2,1-3H3/t16-/m0/s1. The van der Waals surface area contributed by atoms with Gasteiger partial charge < -0.3 is 14.2 Å². The molecule has 9 heteroatoms. The topological polar surface area (TPSA) is 99.2 Å². The molecule has 0 N–H and O–H groups in total. The predicted molar refractivity (Wildman–Crippen MR) is 124 cm³/mol. The first kappa shape index (κ1) is 22.0. The lowest BCUT2D eigenvalue weighted by atomic mass is 10.0. The van der Waals surface area contributed by atoms with Crippen LogP contribution in [0.3, 0.4) is 0 Å². The molecule has 174 valence electrons. The molecule has 0 radical (unpaired) electrons. The summed E-state index contributed by atoms with van der Waals surface area (Å²) in [5.41, 5.74) is 6.13. The molecule has 0 saturated heterocycles. The van der Waals surface area contributed by atoms with Gasteiger partial charge in [-0.05, 0) is 37.3 Å². The average molecular weight is 459 g/mol. The molecular weight excluding hydrogens is 432 g/mol. The third-order valence-corrected chi connectivity index (χ3v) is 6.37. The molecule has 0 bridgehead atoms. The molecule has 1 aliphatic carbocycles. The van der Waals surface area contributed by atoms with Gasteiger partial charge in [0.05, 0.1) is 35.8 Å². The summed E-state index contributed by atoms with van der Waals surface area (Å²) in [7, 11) is 3.31. The summed E-state index contributed by atoms with van der Waals surface area (Å²) in [4.78, 5) is 24.5. The Morgan fingerprint density at radius 1 is 1.21 bits per heavy atom. The van der Waals surface area contributed by atoms with E-state index in [4.69, 9.17) is 14.2 Å². The monoisotopic (exact) mass is 458 g/mol. The minimum Gasteiger partial charge on any atom is -0.378 e. The van der Waals surface area contributed by atoms with Crippen molar-refractivity contribution in [2.24, 2.45) is 0 Å². The van der Waals surface area contributed by atoms with Crippen LogP contribution in [0.5, 0.6) is 0 Å². The Labute approximate surface area is 197 Å². The zero-order valence-electron chi connectivity index (χ0n) is 19.4. The average Bonchev–Trinajstić information content (AvgIpc) is 3.50. The van der Waals surface area contributed by atoms with Crippen molar-refractivity contribution in [1.29, 1.82) is 0 Å². The van der Waals surface area contributed by atoms with Crippen LogP contribution in [0.1, 0.15) is 52.3 Å². The van der Waals surface area contributed by atoms with Crippen molar-refractivity contribution in [3.63, 3.8) is 0 Å². The normalized spacial score (nSPS) is 13.6. The van der Waals surface area contributed by atoms with E-state index in [0.29, 0.717) is 22.9 Å². The van der Waals surface area contributed by atoms with Crippen molar-refractivity contribution in [1.82, 2.24) is 29.8 Å². The fourth-order valence-corrected chi connectivity index (χ4v) is 4.36. The number of nitrogens with zero attached hydrogens (tertiary/aromatic N) is 6. The molecule has 0 fully saturated rings. The molecule has 1 amide bonds. The molecule has 34 heavy (non-hydrogen) atoms. The van der Waals surface area contributed by atoms with Crippen molar-refractivity contribution in [3.8, 4) is 17.2 Å². The SMILES string of the molecule is COCc1c(C(=O)N(C)[C@@H](C)c2ccon2)cnn1-c1ncc2c(n1)-c1ccccc1CCC2. The van der Waals surface area contributed by atoms with E-state index in [-0.39, 0.29) is 18.6 Å². The summed E-state index contributed by atoms with van der Waals surface area (Å²) in [5.74, 6) is 0.211. The number of benzene rings is 1. The van der Waals surface area contributed by atoms with Crippen LogP contribution in [0.4, 0.5) is 0 Å². The molecule has 3 heterocycles. The fourth-order valence-electron chi connectivity index (χ4n) is 4.36. The Bertz CT molecular complexity index is 1310. The smallest absolute Gasteiger partial charge is 0.257 e. The Morgan fingerprint density at radius 3 is 2.82 bits per heavy atom. The van der Waals surface area contributed by atoms with Crippen molar-refractivity contribution in [2.45, 2.75) is 38.8 Å². The van der Waals surface area contributed by atoms with Gasteiger partial charge in [0.15, 0.2) is 0 Å². The van der Waals surface area contributed by atoms with Crippen LogP contribution in [0.15, 0.2) is 53.5 Å². The zero-order valence-corrected chi connectivity index (χ0v) is 19.4. The van der Waals surface area contributed by atoms with E-state index in [1.54, 1.807) is 36.0 Å². The maximum absolute atomic E-state index is 13.4. The number of carbonyl (C=O) groups is 1. The Morgan fingerprint density at radius 2 is 2.03 bits per heavy atom. The Balaban J connectivity index is 1.54. The number of methoxy groups -OCH3 is 1. The number of carbonyl (C=O) groups excluding carboxylic acids is 1. The number of hydrogen-bond acceptors (Lipinski definition) is 7. The Hall–Kier alpha value is -3.85. The first-order chi connectivity index (χ1) is 16.6. The maximum atomic E-state index is 13.4. The molecule has 3 aromatic heterocycles. The third kappa shape index (κ3) is 3.88. The first-order valence-electron chi connectivity index (χ1n) is 11.3. The fraction of sp³-hybridized carbons (Fsp3) is 0.320. The summed E-state index contributed by atoms with van der Waals surface area (Å²) in [6.07, 6.45) is 7.89. The van der Waals surface area contributed by atoms with Crippen molar-refractivity contribution in [2.75, 3.05) is 14.2 Å². The van der Waals surface area contributed by atoms with Crippen molar-refractivity contribution >= 4 is 5.91 Å². The van der Waals surface area contributed by atoms with Crippen LogP contribution in [-0.4, -0.2) is 49.9 Å². The molecular formula is C25H26N6O3. The number of aryl methyl sites for hydroxylation is 2. The number of hydrogen-bond donors (Lipinski definition) is 0. The largest absolute Gasteiger partial charge is 0.378 e. The van der Waals surface area contributed by atoms with Gasteiger partial charge in [-0.1, -0.05) is 29.4 Å². The molecule has 1 aromatic carbocycles. The highest BCUT2D eigenvalue weighted by atomic mass is 16.5. The van der Waals surface area contributed by atoms with E-state index in [9.17, 15) is 4.79 Å². The van der Waals surface area contributed by atoms with E-state index in [2.05, 4.69) is 33.4 Å². The summed E-state index contributed by atoms with van der Waals surface area (Å²) in [6, 6.07) is 9.82. The zero-order chi connectivity index (χ0) is 23.7. The molecule has 1 atom stereocenters. The minimum atomic E-state index is -0.273. The molecule has 0 unspecified atom stereocenters. The van der Waals surface area contributed by atoms with Crippen LogP contribution in [-0.2, 0) is 24.2 Å². The second-order valence-corrected chi connectivity index (χ2v) is 8.42. The van der Waals surface area contributed by atoms with E-state index >= 15 is 0 Å². The highest BCUT2D eigenvalue weighted by Gasteiger charge is 2.27. The van der Waals surface area contributed by atoms with Gasteiger partial charge in [0.1, 0.15) is 12.0 Å². The number of fused-ring (bicyclic) bond motifs is 3. The second-order valence-electron chi connectivity index (χ2n) is 8.42. The molecule has 1 aliphatic rings. The molecule has 5 rings (SSSR count). The van der Waals surface area contributed by atoms with E-state index in [0.717, 1.165) is 36.1 Å². The highest BCUT2D eigenvalue weighted by molar-refractivity contribution is 5.95. The van der Waals surface area contributed by atoms with Crippen molar-refractivity contribution in [3.05, 3.63) is 77.1 Å². The van der Waals surface area contributed by atoms with Gasteiger partial charge in [-0.25, -0.2) is 9.97 Å². The lowest BCUT2D eigenvalue weighted by molar-refractivity contribution is 0.0732. The van der Waals surface area contributed by atoms with E-state index < -0.39 is 0 Å². The number of amides is 1. The van der Waals surface area contributed by atoms with Gasteiger partial charge in [0.25, 0.3) is 11.9 Å². The second kappa shape index (κ2) is 9.18. The lowest BCUT2D eigenvalue weighted by Gasteiger charge is -2.23. The molecule has 0 spiro atoms. The number of rotatable bonds is 6. The van der Waals surface area contributed by atoms with Gasteiger partial charge >= 0.3 is 0 Å². The highest BCUT2D eigenvalue weighted by Crippen LogP contribution is 2.31. The van der Waals surface area contributed by atoms with Crippen LogP contribution in [0, 0.1) is 0 Å². The predicted octanol–water partition coefficient (Wildman–Crippen LogP) is 3.79. The van der Waals surface area contributed by atoms with E-state index in [1.807, 2.05) is 19.2 Å². The molecule has 0 saturated carbocycles. The molecule has 0 aliphatic heterocycles. The van der Waals surface area contributed by atoms with Crippen LogP contribution >= 0.6 is 0 Å². The number of ether oxygens (including phenoxy) is 1. The van der Waals surface area contributed by atoms with Crippen LogP contribution < -0.4 is 0 Å². The van der Waals surface area contributed by atoms with E-state index in [1.165, 1.54) is 11.8 Å². The summed E-state index contributed by atoms with van der Waals surface area (Å²) < 4.78 is 12.0. The Kier molecular flexibility index (Phi) is 5.93. The quantitative estimate of drug-likeness (QED) is 0.433. The van der Waals surface area contributed by atoms with Gasteiger partial charge in [-0.3, -0.25) is 4.79 Å². The van der Waals surface area contributed by atoms with Crippen LogP contribution in [0.2, 0.25) is 0 Å². The van der Waals surface area contributed by atoms with Crippen LogP contribution in [0.25, 0.3) is 17.2 Å². The minimum absolute atomic E-state index is 0.185. The van der Waals surface area contributed by atoms with Gasteiger partial charge in [0, 0.05) is 32.0 Å². The maximum Gasteiger partial charge on any atom is 0.257 e. The third-order valence-electron chi connectivity index (χ3n) is 6.37. The summed E-state index contributed by atoms with van der Waals surface area (Å²) >= 11 is 0. The van der Waals surface area contributed by atoms with Crippen molar-refractivity contribution < 1.29 is 14.1 Å². The summed E-state index contributed by atoms with van der Waals surface area (Å²) in [6.45, 7) is 2.08. The van der Waals surface area contributed by atoms with Gasteiger partial charge in [-0.2, -0.15) is 9.78 Å². The summed E-state index contributed by atoms with van der Waals surface area (Å²) in [5, 5.41) is 8.45. The molecule has 9 nitrogen and oxygen atoms in total. The van der Waals surface area contributed by atoms with Gasteiger partial charge in [0.2, 0.25) is 0 Å². The molecule has 4 aromatic rings. The van der Waals surface area contributed by atoms with Gasteiger partial charge in [-0.15, -0.1) is 0 Å². The first-order valence-corrected chi connectivity index (χ1v) is 11.3.